The molecule has 2 amide bonds. The fourth-order valence-electron chi connectivity index (χ4n) is 2.71. The van der Waals surface area contributed by atoms with E-state index in [1.807, 2.05) is 11.8 Å². The maximum atomic E-state index is 11.9. The Balaban J connectivity index is 2.83. The first-order valence-electron chi connectivity index (χ1n) is 6.66. The number of nitrogens with zero attached hydrogens (tertiary/aromatic N) is 1. The van der Waals surface area contributed by atoms with Crippen LogP contribution in [0.15, 0.2) is 0 Å². The number of amides is 2. The molecule has 98 valence electrons. The summed E-state index contributed by atoms with van der Waals surface area (Å²) in [5.74, 6) is 0.235. The maximum Gasteiger partial charge on any atom is 0.224 e. The summed E-state index contributed by atoms with van der Waals surface area (Å²) in [5.41, 5.74) is 0. The van der Waals surface area contributed by atoms with Gasteiger partial charge < -0.3 is 10.2 Å². The number of carbonyl (C=O) groups excluding carboxylic acids is 2. The van der Waals surface area contributed by atoms with Crippen LogP contribution in [0, 0.1) is 5.92 Å². The summed E-state index contributed by atoms with van der Waals surface area (Å²) in [5, 5.41) is 2.72. The van der Waals surface area contributed by atoms with E-state index in [4.69, 9.17) is 0 Å². The van der Waals surface area contributed by atoms with Crippen molar-refractivity contribution in [1.82, 2.24) is 10.2 Å². The Kier molecular flexibility index (Phi) is 5.45. The van der Waals surface area contributed by atoms with Crippen LogP contribution in [0.5, 0.6) is 0 Å². The van der Waals surface area contributed by atoms with Gasteiger partial charge in [-0.15, -0.1) is 0 Å². The van der Waals surface area contributed by atoms with Crippen LogP contribution in [-0.2, 0) is 9.59 Å². The number of nitrogens with one attached hydrogen (secondary N) is 1. The zero-order valence-electron chi connectivity index (χ0n) is 11.2. The summed E-state index contributed by atoms with van der Waals surface area (Å²) in [6.45, 7) is 4.80. The molecule has 2 atom stereocenters. The maximum absolute atomic E-state index is 11.9. The molecule has 4 heteroatoms. The van der Waals surface area contributed by atoms with Crippen LogP contribution in [-0.4, -0.2) is 36.3 Å². The van der Waals surface area contributed by atoms with Gasteiger partial charge in [0.2, 0.25) is 11.8 Å². The molecule has 1 rings (SSSR count). The van der Waals surface area contributed by atoms with Crippen LogP contribution in [0.1, 0.15) is 46.0 Å². The molecule has 4 nitrogen and oxygen atoms in total. The van der Waals surface area contributed by atoms with Crippen LogP contribution in [0.2, 0.25) is 0 Å². The summed E-state index contributed by atoms with van der Waals surface area (Å²) in [7, 11) is 1.67. The molecule has 1 heterocycles. The Bertz CT molecular complexity index is 255. The molecular weight excluding hydrogens is 216 g/mol. The van der Waals surface area contributed by atoms with Crippen molar-refractivity contribution in [1.29, 1.82) is 0 Å². The lowest BCUT2D eigenvalue weighted by molar-refractivity contribution is -0.140. The van der Waals surface area contributed by atoms with Gasteiger partial charge in [-0.2, -0.15) is 0 Å². The van der Waals surface area contributed by atoms with E-state index in [1.165, 1.54) is 0 Å². The van der Waals surface area contributed by atoms with Crippen LogP contribution >= 0.6 is 0 Å². The van der Waals surface area contributed by atoms with Gasteiger partial charge in [0.25, 0.3) is 0 Å². The molecule has 0 aromatic carbocycles. The Labute approximate surface area is 104 Å². The third-order valence-corrected chi connectivity index (χ3v) is 3.57. The van der Waals surface area contributed by atoms with Crippen LogP contribution in [0.3, 0.4) is 0 Å². The van der Waals surface area contributed by atoms with Gasteiger partial charge in [-0.3, -0.25) is 9.59 Å². The first kappa shape index (κ1) is 14.0. The van der Waals surface area contributed by atoms with Gasteiger partial charge in [0.15, 0.2) is 0 Å². The quantitative estimate of drug-likeness (QED) is 0.810. The molecule has 0 spiro atoms. The molecule has 1 N–H and O–H groups in total. The minimum absolute atomic E-state index is 0.0239. The summed E-state index contributed by atoms with van der Waals surface area (Å²) in [4.78, 5) is 25.7. The standard InChI is InChI=1S/C13H24N2O2/c1-4-7-11-10(13(17)14-3)8-6-9-15(11)12(16)5-2/h10-11H,4-9H2,1-3H3,(H,14,17)/t10-,11?/m1/s1. The summed E-state index contributed by atoms with van der Waals surface area (Å²) in [6, 6.07) is 0.0983. The van der Waals surface area contributed by atoms with Gasteiger partial charge in [-0.05, 0) is 19.3 Å². The molecule has 0 saturated carbocycles. The highest BCUT2D eigenvalue weighted by atomic mass is 16.2. The molecule has 1 aliphatic heterocycles. The van der Waals surface area contributed by atoms with E-state index >= 15 is 0 Å². The van der Waals surface area contributed by atoms with Crippen molar-refractivity contribution in [3.05, 3.63) is 0 Å². The van der Waals surface area contributed by atoms with E-state index in [1.54, 1.807) is 7.05 Å². The van der Waals surface area contributed by atoms with Gasteiger partial charge in [0.05, 0.1) is 5.92 Å². The molecule has 17 heavy (non-hydrogen) atoms. The Morgan fingerprint density at radius 1 is 1.35 bits per heavy atom. The second kappa shape index (κ2) is 6.62. The van der Waals surface area contributed by atoms with Crippen molar-refractivity contribution in [2.45, 2.75) is 52.0 Å². The van der Waals surface area contributed by atoms with Crippen LogP contribution < -0.4 is 5.32 Å². The second-order valence-corrected chi connectivity index (χ2v) is 4.66. The summed E-state index contributed by atoms with van der Waals surface area (Å²) >= 11 is 0. The predicted octanol–water partition coefficient (Wildman–Crippen LogP) is 1.55. The Hall–Kier alpha value is -1.06. The molecule has 1 saturated heterocycles. The topological polar surface area (TPSA) is 49.4 Å². The highest BCUT2D eigenvalue weighted by Gasteiger charge is 2.36. The monoisotopic (exact) mass is 240 g/mol. The summed E-state index contributed by atoms with van der Waals surface area (Å²) < 4.78 is 0. The molecule has 0 bridgehead atoms. The van der Waals surface area contributed by atoms with Crippen molar-refractivity contribution in [3.63, 3.8) is 0 Å². The van der Waals surface area contributed by atoms with Gasteiger partial charge >= 0.3 is 0 Å². The van der Waals surface area contributed by atoms with Crippen LogP contribution in [0.4, 0.5) is 0 Å². The number of piperidine rings is 1. The lowest BCUT2D eigenvalue weighted by atomic mass is 9.85. The number of likely N-dealkylation sites (tertiary alicyclic amines) is 1. The average molecular weight is 240 g/mol. The van der Waals surface area contributed by atoms with E-state index in [2.05, 4.69) is 12.2 Å². The van der Waals surface area contributed by atoms with E-state index in [9.17, 15) is 9.59 Å². The van der Waals surface area contributed by atoms with Crippen molar-refractivity contribution in [2.75, 3.05) is 13.6 Å². The first-order chi connectivity index (χ1) is 8.15. The van der Waals surface area contributed by atoms with E-state index < -0.39 is 0 Å². The molecule has 1 unspecified atom stereocenters. The van der Waals surface area contributed by atoms with Gasteiger partial charge in [0, 0.05) is 26.1 Å². The summed E-state index contributed by atoms with van der Waals surface area (Å²) in [6.07, 6.45) is 4.29. The Morgan fingerprint density at radius 3 is 2.59 bits per heavy atom. The Morgan fingerprint density at radius 2 is 2.06 bits per heavy atom. The number of carbonyl (C=O) groups is 2. The van der Waals surface area contributed by atoms with Crippen LogP contribution in [0.25, 0.3) is 0 Å². The molecule has 0 radical (unpaired) electrons. The first-order valence-corrected chi connectivity index (χ1v) is 6.66. The molecule has 1 fully saturated rings. The zero-order chi connectivity index (χ0) is 12.8. The molecular formula is C13H24N2O2. The van der Waals surface area contributed by atoms with E-state index in [0.717, 1.165) is 32.2 Å². The third kappa shape index (κ3) is 3.20. The smallest absolute Gasteiger partial charge is 0.224 e. The SMILES string of the molecule is CCCC1[C@H](C(=O)NC)CCCN1C(=O)CC. The third-order valence-electron chi connectivity index (χ3n) is 3.57. The second-order valence-electron chi connectivity index (χ2n) is 4.66. The number of hydrogen-bond acceptors (Lipinski definition) is 2. The molecule has 1 aliphatic rings. The van der Waals surface area contributed by atoms with Gasteiger partial charge in [0.1, 0.15) is 0 Å². The van der Waals surface area contributed by atoms with E-state index in [0.29, 0.717) is 6.42 Å². The number of rotatable bonds is 4. The fraction of sp³-hybridized carbons (Fsp3) is 0.846. The van der Waals surface area contributed by atoms with Crippen molar-refractivity contribution in [3.8, 4) is 0 Å². The predicted molar refractivity (Wildman–Crippen MR) is 67.5 cm³/mol. The molecule has 0 aromatic rings. The van der Waals surface area contributed by atoms with Crippen molar-refractivity contribution >= 4 is 11.8 Å². The van der Waals surface area contributed by atoms with Crippen molar-refractivity contribution < 1.29 is 9.59 Å². The highest BCUT2D eigenvalue weighted by molar-refractivity contribution is 5.81. The fourth-order valence-corrected chi connectivity index (χ4v) is 2.71. The zero-order valence-corrected chi connectivity index (χ0v) is 11.2. The minimum atomic E-state index is -0.0239. The lowest BCUT2D eigenvalue weighted by Crippen LogP contribution is -2.52. The minimum Gasteiger partial charge on any atom is -0.359 e. The van der Waals surface area contributed by atoms with E-state index in [-0.39, 0.29) is 23.8 Å². The average Bonchev–Trinajstić information content (AvgIpc) is 2.37. The molecule has 0 aliphatic carbocycles. The highest BCUT2D eigenvalue weighted by Crippen LogP contribution is 2.27. The molecule has 0 aromatic heterocycles. The van der Waals surface area contributed by atoms with Gasteiger partial charge in [-0.25, -0.2) is 0 Å². The van der Waals surface area contributed by atoms with Gasteiger partial charge in [-0.1, -0.05) is 20.3 Å². The lowest BCUT2D eigenvalue weighted by Gasteiger charge is -2.40. The number of hydrogen-bond donors (Lipinski definition) is 1. The van der Waals surface area contributed by atoms with Crippen molar-refractivity contribution in [2.24, 2.45) is 5.92 Å². The normalized spacial score (nSPS) is 24.5. The largest absolute Gasteiger partial charge is 0.359 e.